The predicted octanol–water partition coefficient (Wildman–Crippen LogP) is 8.38. The van der Waals surface area contributed by atoms with E-state index in [1.807, 2.05) is 0 Å². The molecule has 2 amide bonds. The highest BCUT2D eigenvalue weighted by Gasteiger charge is 2.68. The van der Waals surface area contributed by atoms with Crippen molar-refractivity contribution in [2.24, 2.45) is 5.92 Å². The van der Waals surface area contributed by atoms with Gasteiger partial charge in [-0.1, -0.05) is 23.7 Å². The lowest BCUT2D eigenvalue weighted by molar-refractivity contribution is -0.117. The van der Waals surface area contributed by atoms with Gasteiger partial charge in [0.2, 0.25) is 5.91 Å². The van der Waals surface area contributed by atoms with E-state index >= 15 is 0 Å². The van der Waals surface area contributed by atoms with Gasteiger partial charge in [-0.3, -0.25) is 9.59 Å². The fourth-order valence-corrected chi connectivity index (χ4v) is 5.83. The molecule has 0 spiro atoms. The zero-order chi connectivity index (χ0) is 29.2. The molecule has 0 heterocycles. The molecule has 2 unspecified atom stereocenters. The van der Waals surface area contributed by atoms with Crippen LogP contribution < -0.4 is 16.4 Å². The molecule has 0 bridgehead atoms. The largest absolute Gasteiger partial charge is 0.394 e. The van der Waals surface area contributed by atoms with Crippen LogP contribution in [0.15, 0.2) is 59.5 Å². The van der Waals surface area contributed by atoms with Crippen LogP contribution in [0, 0.1) is 17.6 Å². The molecule has 2 atom stereocenters. The molecule has 0 radical (unpaired) electrons. The Labute approximate surface area is 233 Å². The number of hydrogen-bond acceptors (Lipinski definition) is 3. The third kappa shape index (κ3) is 5.88. The first-order valence-corrected chi connectivity index (χ1v) is 14.4. The lowest BCUT2D eigenvalue weighted by Gasteiger charge is -2.46. The van der Waals surface area contributed by atoms with Crippen LogP contribution >= 0.6 is 44.6 Å². The summed E-state index contributed by atoms with van der Waals surface area (Å²) in [4.78, 5) is 24.2. The molecule has 15 heteroatoms. The summed E-state index contributed by atoms with van der Waals surface area (Å²) < 4.78 is 81.5. The summed E-state index contributed by atoms with van der Waals surface area (Å²) in [5, 5.41) is 4.56. The van der Waals surface area contributed by atoms with Crippen molar-refractivity contribution in [1.82, 2.24) is 0 Å². The zero-order valence-electron chi connectivity index (χ0n) is 19.6. The number of hydrogen-bond donors (Lipinski definition) is 3. The van der Waals surface area contributed by atoms with Crippen molar-refractivity contribution in [3.63, 3.8) is 0 Å². The van der Waals surface area contributed by atoms with Gasteiger partial charge in [0.1, 0.15) is 15.8 Å². The number of alkyl halides is 2. The van der Waals surface area contributed by atoms with E-state index in [1.165, 1.54) is 18.2 Å². The Kier molecular flexibility index (Phi) is 6.62. The molecule has 1 saturated carbocycles. The molecule has 1 aliphatic carbocycles. The number of carbonyl (C=O) groups excluding carboxylic acids is 2. The molecule has 0 aromatic heterocycles. The summed E-state index contributed by atoms with van der Waals surface area (Å²) in [7, 11) is -8.50. The van der Waals surface area contributed by atoms with Crippen molar-refractivity contribution in [1.29, 1.82) is 0 Å². The van der Waals surface area contributed by atoms with Crippen LogP contribution in [0.1, 0.15) is 21.8 Å². The highest BCUT2D eigenvalue weighted by atomic mass is 35.5. The van der Waals surface area contributed by atoms with Gasteiger partial charge in [0.05, 0.1) is 33.3 Å². The summed E-state index contributed by atoms with van der Waals surface area (Å²) in [6, 6.07) is 8.91. The van der Waals surface area contributed by atoms with Gasteiger partial charge >= 0.3 is 0 Å². The lowest BCUT2D eigenvalue weighted by atomic mass is 10.1. The first kappa shape index (κ1) is 29.2. The van der Waals surface area contributed by atoms with Crippen LogP contribution in [0.2, 0.25) is 5.02 Å². The molecule has 4 N–H and O–H groups in total. The SMILES string of the molecule is CS(F)(F)(F)(F)c1cccc(C2C(C(=O)Nc3ccc(Cl)c(C(=O)Nc4ccc(F)c(N)c4F)c3)C2(Cl)Cl)c1. The molecular formula is C24H18Cl3F6N3O2S. The number of anilines is 3. The maximum Gasteiger partial charge on any atom is 0.257 e. The van der Waals surface area contributed by atoms with Crippen molar-refractivity contribution in [2.75, 3.05) is 22.6 Å². The van der Waals surface area contributed by atoms with Crippen molar-refractivity contribution >= 4 is 73.5 Å². The maximum atomic E-state index is 14.2. The third-order valence-corrected chi connectivity index (χ3v) is 8.71. The summed E-state index contributed by atoms with van der Waals surface area (Å²) in [5.74, 6) is -6.26. The van der Waals surface area contributed by atoms with Crippen molar-refractivity contribution in [3.8, 4) is 0 Å². The van der Waals surface area contributed by atoms with Crippen LogP contribution in [0.3, 0.4) is 0 Å². The van der Waals surface area contributed by atoms with Gasteiger partial charge in [0.25, 0.3) is 5.91 Å². The maximum absolute atomic E-state index is 14.2. The van der Waals surface area contributed by atoms with E-state index in [2.05, 4.69) is 10.6 Å². The van der Waals surface area contributed by atoms with Crippen LogP contribution in [0.5, 0.6) is 0 Å². The summed E-state index contributed by atoms with van der Waals surface area (Å²) >= 11 is 18.5. The minimum atomic E-state index is -8.50. The number of halogens is 9. The van der Waals surface area contributed by atoms with E-state index in [1.54, 1.807) is 0 Å². The van der Waals surface area contributed by atoms with Gasteiger partial charge in [-0.2, -0.15) is 0 Å². The molecule has 1 aliphatic rings. The molecule has 3 aromatic carbocycles. The Morgan fingerprint density at radius 2 is 1.64 bits per heavy atom. The van der Waals surface area contributed by atoms with Gasteiger partial charge < -0.3 is 16.4 Å². The summed E-state index contributed by atoms with van der Waals surface area (Å²) in [5.41, 5.74) is 3.78. The predicted molar refractivity (Wildman–Crippen MR) is 142 cm³/mol. The Morgan fingerprint density at radius 3 is 2.28 bits per heavy atom. The number of nitrogens with two attached hydrogens (primary N) is 1. The average Bonchev–Trinajstić information content (AvgIpc) is 3.41. The molecule has 5 nitrogen and oxygen atoms in total. The molecule has 3 aromatic rings. The van der Waals surface area contributed by atoms with Gasteiger partial charge in [-0.05, 0) is 48.0 Å². The summed E-state index contributed by atoms with van der Waals surface area (Å²) in [6.45, 7) is 0. The summed E-state index contributed by atoms with van der Waals surface area (Å²) in [6.07, 6.45) is -0.418. The molecule has 4 rings (SSSR count). The minimum Gasteiger partial charge on any atom is -0.394 e. The molecule has 0 saturated heterocycles. The van der Waals surface area contributed by atoms with Crippen molar-refractivity contribution in [2.45, 2.75) is 15.1 Å². The fraction of sp³-hybridized carbons (Fsp3) is 0.167. The smallest absolute Gasteiger partial charge is 0.257 e. The van der Waals surface area contributed by atoms with E-state index in [9.17, 15) is 33.9 Å². The van der Waals surface area contributed by atoms with Crippen LogP contribution in [0.25, 0.3) is 0 Å². The van der Waals surface area contributed by atoms with E-state index < -0.39 is 72.0 Å². The van der Waals surface area contributed by atoms with E-state index in [4.69, 9.17) is 40.5 Å². The Morgan fingerprint density at radius 1 is 0.974 bits per heavy atom. The van der Waals surface area contributed by atoms with Crippen molar-refractivity contribution in [3.05, 3.63) is 82.4 Å². The molecule has 0 aliphatic heterocycles. The number of benzene rings is 3. The fourth-order valence-electron chi connectivity index (χ4n) is 3.95. The highest BCUT2D eigenvalue weighted by molar-refractivity contribution is 8.49. The molecule has 210 valence electrons. The van der Waals surface area contributed by atoms with Crippen molar-refractivity contribution < 1.29 is 33.9 Å². The molecule has 1 fully saturated rings. The zero-order valence-corrected chi connectivity index (χ0v) is 22.6. The number of rotatable bonds is 6. The van der Waals surface area contributed by atoms with E-state index in [0.717, 1.165) is 24.3 Å². The monoisotopic (exact) mass is 631 g/mol. The lowest BCUT2D eigenvalue weighted by Crippen LogP contribution is -2.18. The molecular weight excluding hydrogens is 615 g/mol. The first-order valence-electron chi connectivity index (χ1n) is 10.8. The van der Waals surface area contributed by atoms with E-state index in [-0.39, 0.29) is 21.8 Å². The van der Waals surface area contributed by atoms with E-state index in [0.29, 0.717) is 12.1 Å². The van der Waals surface area contributed by atoms with Gasteiger partial charge in [-0.25, -0.2) is 8.78 Å². The Balaban J connectivity index is 1.54. The quantitative estimate of drug-likeness (QED) is 0.145. The Hall–Kier alpha value is -2.80. The number of carbonyl (C=O) groups is 2. The Bertz CT molecular complexity index is 1540. The standard InChI is InChI=1S/C24H18Cl3F6N3O2S/c1-39(30,31,32,33)13-4-2-3-11(9-13)18-19(24(18,26)27)23(38)35-12-5-6-15(25)14(10-12)22(37)36-17-8-7-16(28)21(34)20(17)29/h2-10,18-19H,34H2,1H3,(H,35,38)(H,36,37). The first-order chi connectivity index (χ1) is 17.7. The second-order valence-corrected chi connectivity index (χ2v) is 14.4. The van der Waals surface area contributed by atoms with Gasteiger partial charge in [0, 0.05) is 11.6 Å². The van der Waals surface area contributed by atoms with Gasteiger partial charge in [-0.15, -0.1) is 38.7 Å². The third-order valence-electron chi connectivity index (χ3n) is 6.00. The minimum absolute atomic E-state index is 0.0222. The van der Waals surface area contributed by atoms with Crippen LogP contribution in [0.4, 0.5) is 41.4 Å². The molecule has 39 heavy (non-hydrogen) atoms. The number of nitrogens with one attached hydrogen (secondary N) is 2. The highest BCUT2D eigenvalue weighted by Crippen LogP contribution is 2.98. The number of nitrogen functional groups attached to an aromatic ring is 1. The average molecular weight is 633 g/mol. The topological polar surface area (TPSA) is 84.2 Å². The second-order valence-electron chi connectivity index (χ2n) is 9.14. The normalized spacial score (nSPS) is 19.9. The second kappa shape index (κ2) is 8.85. The van der Waals surface area contributed by atoms with Crippen LogP contribution in [-0.2, 0) is 4.79 Å². The van der Waals surface area contributed by atoms with Gasteiger partial charge in [0.15, 0.2) is 15.7 Å². The van der Waals surface area contributed by atoms with Crippen LogP contribution in [-0.4, -0.2) is 22.4 Å². The number of amides is 2.